The van der Waals surface area contributed by atoms with Gasteiger partial charge in [-0.1, -0.05) is 72.8 Å². The number of nitrogens with one attached hydrogen (secondary N) is 2. The van der Waals surface area contributed by atoms with Crippen molar-refractivity contribution in [1.29, 1.82) is 5.26 Å². The average molecular weight is 1220 g/mol. The molecule has 0 radical (unpaired) electrons. The van der Waals surface area contributed by atoms with Gasteiger partial charge < -0.3 is 56.8 Å². The lowest BCUT2D eigenvalue weighted by Crippen LogP contribution is -2.42. The van der Waals surface area contributed by atoms with E-state index >= 15 is 4.57 Å². The maximum atomic E-state index is 15.6. The normalized spacial score (nSPS) is 21.6. The van der Waals surface area contributed by atoms with Crippen LogP contribution in [-0.4, -0.2) is 144 Å². The van der Waals surface area contributed by atoms with Gasteiger partial charge in [-0.05, 0) is 80.8 Å². The molecule has 2 aliphatic rings. The van der Waals surface area contributed by atoms with Crippen LogP contribution in [0.2, 0.25) is 0 Å². The van der Waals surface area contributed by atoms with Gasteiger partial charge in [-0.25, -0.2) is 24.4 Å². The van der Waals surface area contributed by atoms with Crippen LogP contribution < -0.4 is 26.0 Å². The van der Waals surface area contributed by atoms with E-state index in [9.17, 15) is 19.6 Å². The molecular formula is C59H69N9O16P2. The van der Waals surface area contributed by atoms with Gasteiger partial charge in [-0.3, -0.25) is 32.8 Å². The first-order valence-electron chi connectivity index (χ1n) is 27.5. The first kappa shape index (κ1) is 63.4. The molecule has 0 bridgehead atoms. The molecule has 3 aromatic heterocycles. The van der Waals surface area contributed by atoms with Crippen LogP contribution in [0.3, 0.4) is 0 Å². The summed E-state index contributed by atoms with van der Waals surface area (Å²) in [5.74, 6) is 0.913. The van der Waals surface area contributed by atoms with Crippen molar-refractivity contribution >= 4 is 39.0 Å². The second-order valence-corrected chi connectivity index (χ2v) is 23.8. The van der Waals surface area contributed by atoms with Gasteiger partial charge in [-0.2, -0.15) is 5.26 Å². The molecule has 0 spiro atoms. The molecule has 0 aliphatic carbocycles. The van der Waals surface area contributed by atoms with Gasteiger partial charge in [0.2, 0.25) is 0 Å². The third-order valence-corrected chi connectivity index (χ3v) is 18.2. The SMILES string of the molecule is COc1ccc(C(OC[C@H]2O[C@@H](n3cnc4c(NC(=O)c5ccccc5)ncnc43)[C@@H](OC)C2OP(=O)(COC2OC(n3ccc(=O)[nH]c3=O)C(OC)C2OP(OCCC#N)N(C(C)C)C(C)C)OC)(c2ccccc2)c2ccc(OC)cc2)cc1. The number of hydrogen-bond donors (Lipinski definition) is 2. The first-order valence-corrected chi connectivity index (χ1v) is 30.4. The van der Waals surface area contributed by atoms with E-state index in [4.69, 9.17) is 56.0 Å². The number of hydrogen-bond acceptors (Lipinski definition) is 21. The van der Waals surface area contributed by atoms with Crippen molar-refractivity contribution in [3.05, 3.63) is 177 Å². The van der Waals surface area contributed by atoms with Gasteiger partial charge in [0.1, 0.15) is 53.9 Å². The molecular weight excluding hydrogens is 1150 g/mol. The molecule has 86 heavy (non-hydrogen) atoms. The minimum atomic E-state index is -4.55. The predicted octanol–water partition coefficient (Wildman–Crippen LogP) is 8.30. The summed E-state index contributed by atoms with van der Waals surface area (Å²) < 4.78 is 96.9. The molecule has 2 fully saturated rings. The third kappa shape index (κ3) is 13.7. The Labute approximate surface area is 497 Å². The van der Waals surface area contributed by atoms with E-state index in [1.165, 1.54) is 40.2 Å². The fraction of sp³-hybridized carbons (Fsp3) is 0.407. The number of amides is 1. The zero-order valence-corrected chi connectivity index (χ0v) is 50.6. The Bertz CT molecular complexity index is 3520. The molecule has 4 aromatic carbocycles. The summed E-state index contributed by atoms with van der Waals surface area (Å²) in [5.41, 5.74) is 0.158. The number of anilines is 1. The van der Waals surface area contributed by atoms with Gasteiger partial charge in [0.15, 0.2) is 42.1 Å². The Balaban J connectivity index is 1.11. The Morgan fingerprint density at radius 1 is 0.779 bits per heavy atom. The molecule has 1 amide bonds. The summed E-state index contributed by atoms with van der Waals surface area (Å²) in [4.78, 5) is 55.0. The quantitative estimate of drug-likeness (QED) is 0.0265. The highest BCUT2D eigenvalue weighted by molar-refractivity contribution is 7.53. The Hall–Kier alpha value is -7.11. The highest BCUT2D eigenvalue weighted by Crippen LogP contribution is 2.55. The third-order valence-electron chi connectivity index (χ3n) is 14.5. The topological polar surface area (TPSA) is 282 Å². The van der Waals surface area contributed by atoms with E-state index in [0.717, 1.165) is 16.2 Å². The Morgan fingerprint density at radius 2 is 1.38 bits per heavy atom. The van der Waals surface area contributed by atoms with E-state index in [1.54, 1.807) is 49.1 Å². The molecule has 0 saturated carbocycles. The summed E-state index contributed by atoms with van der Waals surface area (Å²) in [6.45, 7) is 7.59. The second kappa shape index (κ2) is 28.6. The molecule has 25 nitrogen and oxygen atoms in total. The molecule has 7 aromatic rings. The number of benzene rings is 4. The molecule has 5 heterocycles. The van der Waals surface area contributed by atoms with Crippen molar-refractivity contribution in [1.82, 2.24) is 33.7 Å². The molecule has 2 saturated heterocycles. The van der Waals surface area contributed by atoms with Crippen LogP contribution in [-0.2, 0) is 56.7 Å². The van der Waals surface area contributed by atoms with Crippen molar-refractivity contribution < 1.29 is 65.3 Å². The number of nitrogens with zero attached hydrogens (tertiary/aromatic N) is 7. The predicted molar refractivity (Wildman–Crippen MR) is 314 cm³/mol. The largest absolute Gasteiger partial charge is 0.497 e. The number of aromatic amines is 1. The van der Waals surface area contributed by atoms with E-state index in [-0.39, 0.29) is 48.7 Å². The van der Waals surface area contributed by atoms with Crippen molar-refractivity contribution in [3.63, 3.8) is 0 Å². The summed E-state index contributed by atoms with van der Waals surface area (Å²) in [6, 6.07) is 36.1. The highest BCUT2D eigenvalue weighted by Gasteiger charge is 2.54. The van der Waals surface area contributed by atoms with Gasteiger partial charge in [-0.15, -0.1) is 0 Å². The van der Waals surface area contributed by atoms with E-state index < -0.39 is 94.5 Å². The number of methoxy groups -OCH3 is 4. The van der Waals surface area contributed by atoms with Gasteiger partial charge in [0, 0.05) is 51.2 Å². The number of nitriles is 1. The number of imidazole rings is 1. The number of carbonyl (C=O) groups is 1. The number of aromatic nitrogens is 6. The first-order chi connectivity index (χ1) is 41.6. The molecule has 9 rings (SSSR count). The monoisotopic (exact) mass is 1220 g/mol. The minimum absolute atomic E-state index is 0.0148. The summed E-state index contributed by atoms with van der Waals surface area (Å²) in [6.07, 6.45) is -6.64. The van der Waals surface area contributed by atoms with Crippen molar-refractivity contribution in [3.8, 4) is 17.6 Å². The average Bonchev–Trinajstić information content (AvgIpc) is 1.32. The summed E-state index contributed by atoms with van der Waals surface area (Å²) >= 11 is 0. The molecule has 456 valence electrons. The number of H-pyrrole nitrogens is 1. The van der Waals surface area contributed by atoms with Crippen LogP contribution in [0.4, 0.5) is 5.82 Å². The Kier molecular flexibility index (Phi) is 21.1. The van der Waals surface area contributed by atoms with Gasteiger partial charge in [0.25, 0.3) is 20.0 Å². The van der Waals surface area contributed by atoms with Crippen LogP contribution in [0, 0.1) is 11.3 Å². The molecule has 10 atom stereocenters. The van der Waals surface area contributed by atoms with Crippen molar-refractivity contribution in [2.24, 2.45) is 0 Å². The second-order valence-electron chi connectivity index (χ2n) is 20.3. The van der Waals surface area contributed by atoms with Crippen LogP contribution in [0.1, 0.15) is 73.6 Å². The lowest BCUT2D eigenvalue weighted by atomic mass is 9.80. The van der Waals surface area contributed by atoms with E-state index in [2.05, 4.69) is 31.3 Å². The number of fused-ring (bicyclic) bond motifs is 1. The molecule has 2 N–H and O–H groups in total. The fourth-order valence-electron chi connectivity index (χ4n) is 10.5. The number of rotatable bonds is 28. The van der Waals surface area contributed by atoms with Crippen LogP contribution >= 0.6 is 16.1 Å². The van der Waals surface area contributed by atoms with Crippen LogP contribution in [0.15, 0.2) is 144 Å². The standard InChI is InChI=1S/C59H69N9O16P2/c1-37(2)68(38(3)4)85(80-32-16-30-60)83-51-50(76-8)55(66-31-29-46(69)64-58(66)71)82-57(51)78-36-86(72,77-9)84-48-45(81-56(49(48)75-7)67-35-63-47-52(61-34-62-53(47)67)65-54(70)39-17-12-10-13-18-39)33-79-59(40-19-14-11-15-20-40,41-21-25-43(73-5)26-22-41)42-23-27-44(74-6)28-24-42/h10-15,17-29,31,34-35,37-38,45,48-51,55-57H,16,32-33,36H2,1-9H3,(H,64,69,71)(H,61,62,65,70)/t45-,48?,49+,50?,51?,55?,56-,57?,85?,86?/m1/s1. The summed E-state index contributed by atoms with van der Waals surface area (Å²) in [7, 11) is 0.621. The number of carbonyl (C=O) groups excluding carboxylic acids is 1. The van der Waals surface area contributed by atoms with Crippen LogP contribution in [0.5, 0.6) is 11.5 Å². The van der Waals surface area contributed by atoms with Gasteiger partial charge in [0.05, 0.1) is 46.3 Å². The zero-order chi connectivity index (χ0) is 61.1. The Morgan fingerprint density at radius 3 is 1.97 bits per heavy atom. The lowest BCUT2D eigenvalue weighted by molar-refractivity contribution is -0.167. The summed E-state index contributed by atoms with van der Waals surface area (Å²) in [5, 5.41) is 12.3. The maximum Gasteiger partial charge on any atom is 0.356 e. The lowest BCUT2D eigenvalue weighted by Gasteiger charge is -2.38. The zero-order valence-electron chi connectivity index (χ0n) is 48.9. The highest BCUT2D eigenvalue weighted by atomic mass is 31.2. The van der Waals surface area contributed by atoms with Gasteiger partial charge >= 0.3 is 13.3 Å². The molecule has 7 unspecified atom stereocenters. The van der Waals surface area contributed by atoms with E-state index in [0.29, 0.717) is 28.2 Å². The van der Waals surface area contributed by atoms with Crippen molar-refractivity contribution in [2.45, 2.75) is 101 Å². The maximum absolute atomic E-state index is 15.6. The molecule has 2 aliphatic heterocycles. The number of ether oxygens (including phenoxy) is 8. The van der Waals surface area contributed by atoms with E-state index in [1.807, 2.05) is 111 Å². The fourth-order valence-corrected chi connectivity index (χ4v) is 13.4. The van der Waals surface area contributed by atoms with Crippen molar-refractivity contribution in [2.75, 3.05) is 60.4 Å². The molecule has 27 heteroatoms. The minimum Gasteiger partial charge on any atom is -0.497 e. The van der Waals surface area contributed by atoms with Crippen LogP contribution in [0.25, 0.3) is 11.2 Å². The smallest absolute Gasteiger partial charge is 0.356 e.